The summed E-state index contributed by atoms with van der Waals surface area (Å²) < 4.78 is 5.45. The number of hydrogen-bond acceptors (Lipinski definition) is 6. The third-order valence-corrected chi connectivity index (χ3v) is 8.73. The molecular formula is C36H47N5O3. The molecule has 2 heterocycles. The molecule has 3 aromatic carbocycles. The van der Waals surface area contributed by atoms with Gasteiger partial charge in [-0.2, -0.15) is 0 Å². The van der Waals surface area contributed by atoms with Crippen molar-refractivity contribution in [1.29, 1.82) is 0 Å². The zero-order chi connectivity index (χ0) is 30.9. The second-order valence-electron chi connectivity index (χ2n) is 12.3. The summed E-state index contributed by atoms with van der Waals surface area (Å²) in [7, 11) is 1.69. The minimum absolute atomic E-state index is 0.0304. The van der Waals surface area contributed by atoms with Gasteiger partial charge < -0.3 is 19.9 Å². The van der Waals surface area contributed by atoms with E-state index in [4.69, 9.17) is 4.74 Å². The number of piperidine rings is 1. The van der Waals surface area contributed by atoms with E-state index in [1.807, 2.05) is 47.4 Å². The molecule has 0 aromatic heterocycles. The van der Waals surface area contributed by atoms with Gasteiger partial charge in [-0.1, -0.05) is 37.3 Å². The molecule has 1 unspecified atom stereocenters. The van der Waals surface area contributed by atoms with Gasteiger partial charge in [-0.25, -0.2) is 0 Å². The highest BCUT2D eigenvalue weighted by Gasteiger charge is 2.22. The van der Waals surface area contributed by atoms with Gasteiger partial charge in [0.2, 0.25) is 11.8 Å². The summed E-state index contributed by atoms with van der Waals surface area (Å²) in [6.45, 7) is 10.7. The van der Waals surface area contributed by atoms with Crippen LogP contribution in [0.1, 0.15) is 44.2 Å². The first-order valence-electron chi connectivity index (χ1n) is 16.0. The van der Waals surface area contributed by atoms with Crippen molar-refractivity contribution in [2.45, 2.75) is 46.2 Å². The number of anilines is 3. The standard InChI is InChI=1S/C36H47N5O3/c1-28-9-7-19-40(24-28)33-16-14-32(15-17-33)37-36(43)27-39-22-21-38(25-30-10-6-12-34(23-30)44-3)18-8-20-41(29(2)42)35-13-5-4-11-31(35)26-39/h4-6,10-17,23,28H,7-9,18-22,24-27H2,1-3H3,(H,37,43). The first kappa shape index (κ1) is 31.5. The number of methoxy groups -OCH3 is 1. The molecule has 2 amide bonds. The Labute approximate surface area is 262 Å². The Balaban J connectivity index is 1.30. The van der Waals surface area contributed by atoms with Crippen molar-refractivity contribution in [3.05, 3.63) is 83.9 Å². The zero-order valence-electron chi connectivity index (χ0n) is 26.5. The minimum Gasteiger partial charge on any atom is -0.497 e. The van der Waals surface area contributed by atoms with E-state index >= 15 is 0 Å². The second-order valence-corrected chi connectivity index (χ2v) is 12.3. The normalized spacial score (nSPS) is 18.7. The van der Waals surface area contributed by atoms with Crippen molar-refractivity contribution in [3.8, 4) is 5.75 Å². The van der Waals surface area contributed by atoms with Crippen LogP contribution in [0, 0.1) is 5.92 Å². The number of nitrogens with zero attached hydrogens (tertiary/aromatic N) is 4. The highest BCUT2D eigenvalue weighted by molar-refractivity contribution is 5.93. The fourth-order valence-electron chi connectivity index (χ4n) is 6.43. The van der Waals surface area contributed by atoms with Gasteiger partial charge in [0.1, 0.15) is 5.75 Å². The van der Waals surface area contributed by atoms with E-state index < -0.39 is 0 Å². The van der Waals surface area contributed by atoms with Crippen molar-refractivity contribution in [2.24, 2.45) is 5.92 Å². The van der Waals surface area contributed by atoms with Crippen molar-refractivity contribution in [2.75, 3.05) is 68.0 Å². The van der Waals surface area contributed by atoms with E-state index in [9.17, 15) is 9.59 Å². The molecule has 1 atom stereocenters. The number of benzene rings is 3. The SMILES string of the molecule is COc1cccc(CN2CCCN(C(C)=O)c3ccccc3CN(CC(=O)Nc3ccc(N4CCCC(C)C4)cc3)CC2)c1. The number of para-hydroxylation sites is 1. The number of fused-ring (bicyclic) bond motifs is 1. The van der Waals surface area contributed by atoms with Crippen LogP contribution in [0.5, 0.6) is 5.75 Å². The van der Waals surface area contributed by atoms with Gasteiger partial charge in [-0.05, 0) is 78.8 Å². The minimum atomic E-state index is -0.0422. The number of rotatable bonds is 7. The van der Waals surface area contributed by atoms with Crippen LogP contribution in [-0.4, -0.2) is 74.5 Å². The van der Waals surface area contributed by atoms with Crippen LogP contribution in [-0.2, 0) is 22.7 Å². The lowest BCUT2D eigenvalue weighted by molar-refractivity contribution is -0.118. The van der Waals surface area contributed by atoms with Crippen LogP contribution in [0.15, 0.2) is 72.8 Å². The van der Waals surface area contributed by atoms with Gasteiger partial charge in [0, 0.05) is 76.3 Å². The maximum Gasteiger partial charge on any atom is 0.238 e. The number of carbonyl (C=O) groups is 2. The van der Waals surface area contributed by atoms with Gasteiger partial charge in [-0.15, -0.1) is 0 Å². The Kier molecular flexibility index (Phi) is 10.9. The van der Waals surface area contributed by atoms with E-state index in [-0.39, 0.29) is 18.4 Å². The second kappa shape index (κ2) is 15.2. The Bertz CT molecular complexity index is 1390. The van der Waals surface area contributed by atoms with Crippen LogP contribution in [0.2, 0.25) is 0 Å². The summed E-state index contributed by atoms with van der Waals surface area (Å²) in [4.78, 5) is 35.1. The van der Waals surface area contributed by atoms with Crippen molar-refractivity contribution in [1.82, 2.24) is 9.80 Å². The Morgan fingerprint density at radius 1 is 0.886 bits per heavy atom. The Hall–Kier alpha value is -3.88. The van der Waals surface area contributed by atoms with Gasteiger partial charge in [0.25, 0.3) is 0 Å². The summed E-state index contributed by atoms with van der Waals surface area (Å²) >= 11 is 0. The highest BCUT2D eigenvalue weighted by atomic mass is 16.5. The molecule has 0 bridgehead atoms. The maximum atomic E-state index is 13.4. The van der Waals surface area contributed by atoms with E-state index in [2.05, 4.69) is 57.3 Å². The first-order valence-corrected chi connectivity index (χ1v) is 16.0. The van der Waals surface area contributed by atoms with E-state index in [1.165, 1.54) is 24.1 Å². The molecule has 234 valence electrons. The van der Waals surface area contributed by atoms with Gasteiger partial charge >= 0.3 is 0 Å². The van der Waals surface area contributed by atoms with Crippen LogP contribution in [0.25, 0.3) is 0 Å². The largest absolute Gasteiger partial charge is 0.497 e. The monoisotopic (exact) mass is 597 g/mol. The third-order valence-electron chi connectivity index (χ3n) is 8.73. The summed E-state index contributed by atoms with van der Waals surface area (Å²) in [5, 5.41) is 3.13. The lowest BCUT2D eigenvalue weighted by Gasteiger charge is -2.32. The Morgan fingerprint density at radius 3 is 2.45 bits per heavy atom. The molecule has 8 heteroatoms. The molecular weight excluding hydrogens is 550 g/mol. The Morgan fingerprint density at radius 2 is 1.68 bits per heavy atom. The molecule has 0 radical (unpaired) electrons. The fourth-order valence-corrected chi connectivity index (χ4v) is 6.43. The molecule has 3 aromatic rings. The number of ether oxygens (including phenoxy) is 1. The number of nitrogens with one attached hydrogen (secondary N) is 1. The van der Waals surface area contributed by atoms with Crippen LogP contribution in [0.3, 0.4) is 0 Å². The third kappa shape index (κ3) is 8.61. The predicted octanol–water partition coefficient (Wildman–Crippen LogP) is 5.63. The smallest absolute Gasteiger partial charge is 0.238 e. The first-order chi connectivity index (χ1) is 21.4. The molecule has 2 aliphatic rings. The number of carbonyl (C=O) groups excluding carboxylic acids is 2. The molecule has 2 aliphatic heterocycles. The average Bonchev–Trinajstić information content (AvgIpc) is 3.05. The van der Waals surface area contributed by atoms with Crippen molar-refractivity contribution in [3.63, 3.8) is 0 Å². The topological polar surface area (TPSA) is 68.4 Å². The van der Waals surface area contributed by atoms with E-state index in [1.54, 1.807) is 14.0 Å². The molecule has 5 rings (SSSR count). The number of hydrogen-bond donors (Lipinski definition) is 1. The summed E-state index contributed by atoms with van der Waals surface area (Å²) in [5.74, 6) is 1.54. The molecule has 0 saturated carbocycles. The quantitative estimate of drug-likeness (QED) is 0.381. The predicted molar refractivity (Wildman–Crippen MR) is 178 cm³/mol. The number of amides is 2. The fraction of sp³-hybridized carbons (Fsp3) is 0.444. The lowest BCUT2D eigenvalue weighted by Crippen LogP contribution is -2.39. The summed E-state index contributed by atoms with van der Waals surface area (Å²) in [6.07, 6.45) is 3.36. The van der Waals surface area contributed by atoms with E-state index in [0.717, 1.165) is 68.4 Å². The van der Waals surface area contributed by atoms with E-state index in [0.29, 0.717) is 19.0 Å². The van der Waals surface area contributed by atoms with Crippen molar-refractivity contribution >= 4 is 28.9 Å². The molecule has 8 nitrogen and oxygen atoms in total. The molecule has 0 spiro atoms. The van der Waals surface area contributed by atoms with Gasteiger partial charge in [0.05, 0.1) is 13.7 Å². The maximum absolute atomic E-state index is 13.4. The van der Waals surface area contributed by atoms with Crippen LogP contribution < -0.4 is 19.9 Å². The highest BCUT2D eigenvalue weighted by Crippen LogP contribution is 2.26. The molecule has 1 fully saturated rings. The summed E-state index contributed by atoms with van der Waals surface area (Å²) in [6, 6.07) is 24.5. The zero-order valence-corrected chi connectivity index (χ0v) is 26.5. The average molecular weight is 598 g/mol. The van der Waals surface area contributed by atoms with Crippen molar-refractivity contribution < 1.29 is 14.3 Å². The van der Waals surface area contributed by atoms with Gasteiger partial charge in [-0.3, -0.25) is 19.4 Å². The molecule has 1 N–H and O–H groups in total. The summed E-state index contributed by atoms with van der Waals surface area (Å²) in [5.41, 5.74) is 5.18. The molecule has 44 heavy (non-hydrogen) atoms. The van der Waals surface area contributed by atoms with Crippen LogP contribution >= 0.6 is 0 Å². The molecule has 1 saturated heterocycles. The lowest BCUT2D eigenvalue weighted by atomic mass is 10.00. The van der Waals surface area contributed by atoms with Gasteiger partial charge in [0.15, 0.2) is 0 Å². The molecule has 0 aliphatic carbocycles. The van der Waals surface area contributed by atoms with Crippen LogP contribution in [0.4, 0.5) is 17.1 Å².